The van der Waals surface area contributed by atoms with Crippen molar-refractivity contribution in [3.63, 3.8) is 0 Å². The van der Waals surface area contributed by atoms with E-state index >= 15 is 0 Å². The molecule has 338 valence electrons. The number of methoxy groups -OCH3 is 2. The molecule has 0 bridgehead atoms. The fraction of sp³-hybridized carbons (Fsp3) is 0.488. The number of ether oxygens (including phenoxy) is 9. The summed E-state index contributed by atoms with van der Waals surface area (Å²) in [5.74, 6) is -7.95. The summed E-state index contributed by atoms with van der Waals surface area (Å²) >= 11 is 0. The highest BCUT2D eigenvalue weighted by Crippen LogP contribution is 2.42. The van der Waals surface area contributed by atoms with E-state index < -0.39 is 121 Å². The van der Waals surface area contributed by atoms with E-state index in [-0.39, 0.29) is 6.61 Å². The summed E-state index contributed by atoms with van der Waals surface area (Å²) in [6.45, 7) is 1.57. The van der Waals surface area contributed by atoms with Gasteiger partial charge in [0.2, 0.25) is 0 Å². The molecule has 1 unspecified atom stereocenters. The van der Waals surface area contributed by atoms with Crippen LogP contribution in [0.2, 0.25) is 0 Å². The normalized spacial score (nSPS) is 20.4. The summed E-state index contributed by atoms with van der Waals surface area (Å²) in [5, 5.41) is 4.49. The highest BCUT2D eigenvalue weighted by Gasteiger charge is 2.63. The number of halogens is 3. The maximum Gasteiger partial charge on any atom is 0.430 e. The van der Waals surface area contributed by atoms with Crippen molar-refractivity contribution in [1.29, 1.82) is 0 Å². The van der Waals surface area contributed by atoms with Crippen molar-refractivity contribution in [3.05, 3.63) is 65.7 Å². The number of hydrogen-bond donors (Lipinski definition) is 2. The van der Waals surface area contributed by atoms with Crippen molar-refractivity contribution in [2.45, 2.75) is 95.2 Å². The molecule has 2 aromatic rings. The van der Waals surface area contributed by atoms with E-state index in [1.807, 2.05) is 0 Å². The Morgan fingerprint density at radius 2 is 1.55 bits per heavy atom. The Hall–Kier alpha value is -6.24. The van der Waals surface area contributed by atoms with Crippen LogP contribution in [0.4, 0.5) is 13.2 Å². The van der Waals surface area contributed by atoms with Crippen LogP contribution in [-0.2, 0) is 83.7 Å². The van der Waals surface area contributed by atoms with Crippen molar-refractivity contribution in [3.8, 4) is 18.1 Å². The minimum absolute atomic E-state index is 0.229. The fourth-order valence-corrected chi connectivity index (χ4v) is 6.39. The van der Waals surface area contributed by atoms with E-state index in [4.69, 9.17) is 49.1 Å². The first-order valence-electron chi connectivity index (χ1n) is 18.7. The Bertz CT molecular complexity index is 1940. The van der Waals surface area contributed by atoms with Crippen LogP contribution in [0.1, 0.15) is 51.7 Å². The zero-order valence-corrected chi connectivity index (χ0v) is 34.6. The molecule has 3 rings (SSSR count). The first-order chi connectivity index (χ1) is 29.2. The lowest BCUT2D eigenvalue weighted by Gasteiger charge is -2.48. The zero-order valence-electron chi connectivity index (χ0n) is 34.6. The van der Waals surface area contributed by atoms with Crippen LogP contribution < -0.4 is 15.4 Å². The topological polar surface area (TPSA) is 227 Å². The quantitative estimate of drug-likeness (QED) is 0.0842. The molecule has 2 aromatic carbocycles. The molecule has 2 amide bonds. The second-order valence-corrected chi connectivity index (χ2v) is 13.5. The molecule has 7 atom stereocenters. The molecule has 1 fully saturated rings. The van der Waals surface area contributed by atoms with Crippen molar-refractivity contribution in [2.75, 3.05) is 34.0 Å². The highest BCUT2D eigenvalue weighted by molar-refractivity contribution is 5.88. The van der Waals surface area contributed by atoms with E-state index in [2.05, 4.69) is 16.6 Å². The second kappa shape index (κ2) is 22.6. The van der Waals surface area contributed by atoms with Gasteiger partial charge in [0, 0.05) is 46.8 Å². The molecule has 0 aliphatic carbocycles. The molecule has 0 saturated carbocycles. The van der Waals surface area contributed by atoms with Gasteiger partial charge in [-0.3, -0.25) is 28.8 Å². The number of nitrogens with one attached hydrogen (secondary N) is 2. The molecule has 1 aliphatic rings. The summed E-state index contributed by atoms with van der Waals surface area (Å²) in [6.07, 6.45) is -8.31. The van der Waals surface area contributed by atoms with Crippen LogP contribution in [-0.4, -0.2) is 118 Å². The molecule has 62 heavy (non-hydrogen) atoms. The van der Waals surface area contributed by atoms with Gasteiger partial charge < -0.3 is 53.3 Å². The van der Waals surface area contributed by atoms with Crippen LogP contribution in [0.15, 0.2) is 54.6 Å². The second-order valence-electron chi connectivity index (χ2n) is 13.5. The Morgan fingerprint density at radius 1 is 0.903 bits per heavy atom. The van der Waals surface area contributed by atoms with Crippen LogP contribution in [0.5, 0.6) is 5.75 Å². The number of terminal acetylenes is 1. The van der Waals surface area contributed by atoms with Crippen molar-refractivity contribution < 1.29 is 89.4 Å². The lowest BCUT2D eigenvalue weighted by atomic mass is 9.87. The summed E-state index contributed by atoms with van der Waals surface area (Å²) < 4.78 is 93.7. The number of benzene rings is 2. The molecule has 18 nitrogen and oxygen atoms in total. The number of carbonyl (C=O) groups is 7. The van der Waals surface area contributed by atoms with E-state index in [9.17, 15) is 46.7 Å². The number of alkyl halides is 3. The first-order valence-corrected chi connectivity index (χ1v) is 18.7. The summed E-state index contributed by atoms with van der Waals surface area (Å²) in [7, 11) is 1.60. The molecule has 1 heterocycles. The van der Waals surface area contributed by atoms with Crippen molar-refractivity contribution in [2.24, 2.45) is 0 Å². The molecule has 1 aliphatic heterocycles. The van der Waals surface area contributed by atoms with E-state index in [0.717, 1.165) is 46.9 Å². The molecular weight excluding hydrogens is 833 g/mol. The Balaban J connectivity index is 2.21. The molecule has 0 spiro atoms. The van der Waals surface area contributed by atoms with Gasteiger partial charge in [0.1, 0.15) is 18.0 Å². The smallest absolute Gasteiger partial charge is 0.430 e. The average molecular weight is 881 g/mol. The number of hydrogen-bond acceptors (Lipinski definition) is 16. The molecular formula is C41H47F3N2O16. The van der Waals surface area contributed by atoms with Crippen LogP contribution in [0, 0.1) is 12.3 Å². The number of esters is 5. The van der Waals surface area contributed by atoms with Crippen molar-refractivity contribution >= 4 is 41.7 Å². The van der Waals surface area contributed by atoms with Gasteiger partial charge in [0.05, 0.1) is 39.3 Å². The monoisotopic (exact) mass is 880 g/mol. The molecule has 2 N–H and O–H groups in total. The summed E-state index contributed by atoms with van der Waals surface area (Å²) in [5.41, 5.74) is -3.84. The van der Waals surface area contributed by atoms with Gasteiger partial charge in [0.25, 0.3) is 23.2 Å². The average Bonchev–Trinajstić information content (AvgIpc) is 3.21. The van der Waals surface area contributed by atoms with Crippen LogP contribution in [0.25, 0.3) is 0 Å². The highest BCUT2D eigenvalue weighted by atomic mass is 19.4. The third kappa shape index (κ3) is 13.1. The summed E-state index contributed by atoms with van der Waals surface area (Å²) in [4.78, 5) is 90.4. The molecule has 0 aromatic heterocycles. The predicted octanol–water partition coefficient (Wildman–Crippen LogP) is 2.33. The van der Waals surface area contributed by atoms with Crippen LogP contribution >= 0.6 is 0 Å². The van der Waals surface area contributed by atoms with E-state index in [1.54, 1.807) is 24.3 Å². The minimum Gasteiger partial charge on any atom is -0.493 e. The van der Waals surface area contributed by atoms with Gasteiger partial charge in [0.15, 0.2) is 18.8 Å². The van der Waals surface area contributed by atoms with E-state index in [0.29, 0.717) is 24.8 Å². The van der Waals surface area contributed by atoms with Gasteiger partial charge in [-0.05, 0) is 17.7 Å². The van der Waals surface area contributed by atoms with Gasteiger partial charge in [-0.2, -0.15) is 13.2 Å². The Labute approximate surface area is 354 Å². The maximum atomic E-state index is 14.8. The zero-order chi connectivity index (χ0) is 46.3. The Morgan fingerprint density at radius 3 is 2.08 bits per heavy atom. The third-order valence-electron chi connectivity index (χ3n) is 8.99. The van der Waals surface area contributed by atoms with Gasteiger partial charge in [-0.15, -0.1) is 12.3 Å². The lowest BCUT2D eigenvalue weighted by molar-refractivity contribution is -0.317. The first kappa shape index (κ1) is 50.1. The number of rotatable bonds is 20. The van der Waals surface area contributed by atoms with Gasteiger partial charge >= 0.3 is 36.0 Å². The molecule has 0 radical (unpaired) electrons. The molecule has 1 saturated heterocycles. The lowest BCUT2D eigenvalue weighted by Crippen LogP contribution is -2.70. The molecule has 21 heteroatoms. The Kier molecular flexibility index (Phi) is 18.2. The van der Waals surface area contributed by atoms with E-state index in [1.165, 1.54) is 18.2 Å². The SMILES string of the molecule is C#CCCOc1ccc(CO[C@]2(C(=O)OC)C[C@H](OC(C)=O)[C@@H](NC(=O)COC(C)=O)[C@H]([C@H](OC(C)=O)[C@@H](CNC(=O)C(OC)(c3ccccc3)C(F)(F)F)OC(C)=O)O2)cc1. The minimum atomic E-state index is -5.38. The predicted molar refractivity (Wildman–Crippen MR) is 204 cm³/mol. The standard InChI is InChI=1S/C41H47F3N2O16/c1-8-9-19-56-30-17-15-28(16-18-30)22-58-39(38(53)54-6)20-31(59-25(3)48)34(46-33(51)23-57-24(2)47)36(62-39)35(61-27(5)50)32(60-26(4)49)21-45-37(52)40(55-7,41(42,43)44)29-13-11-10-12-14-29/h1,10-18,31-32,34-36H,9,19-23H2,2-7H3,(H,45,52)(H,46,51)/t31-,32+,34+,35+,36+,39+,40?/m0/s1. The largest absolute Gasteiger partial charge is 0.493 e. The van der Waals surface area contributed by atoms with Gasteiger partial charge in [-0.1, -0.05) is 42.5 Å². The van der Waals surface area contributed by atoms with Crippen molar-refractivity contribution in [1.82, 2.24) is 10.6 Å². The number of amides is 2. The third-order valence-corrected chi connectivity index (χ3v) is 8.99. The summed E-state index contributed by atoms with van der Waals surface area (Å²) in [6, 6.07) is 10.4. The number of carbonyl (C=O) groups excluding carboxylic acids is 7. The van der Waals surface area contributed by atoms with Crippen LogP contribution in [0.3, 0.4) is 0 Å². The maximum absolute atomic E-state index is 14.8. The van der Waals surface area contributed by atoms with Gasteiger partial charge in [-0.25, -0.2) is 4.79 Å². The fourth-order valence-electron chi connectivity index (χ4n) is 6.39.